The van der Waals surface area contributed by atoms with E-state index in [4.69, 9.17) is 0 Å². The summed E-state index contributed by atoms with van der Waals surface area (Å²) in [5.41, 5.74) is -0.476. The van der Waals surface area contributed by atoms with Crippen LogP contribution in [-0.4, -0.2) is 27.7 Å². The molecule has 1 aliphatic rings. The summed E-state index contributed by atoms with van der Waals surface area (Å²) in [7, 11) is 0. The Morgan fingerprint density at radius 1 is 0.839 bits per heavy atom. The van der Waals surface area contributed by atoms with Crippen LogP contribution in [0.1, 0.15) is 35.1 Å². The van der Waals surface area contributed by atoms with Crippen molar-refractivity contribution in [2.24, 2.45) is 0 Å². The standard InChI is InChI=1S/C25H24F3NO2/c26-25(27,28)21-13-14-22(30)18(16-21)17-29-15-7-12-23(29)24(31,19-8-3-1-4-9-19)20-10-5-2-6-11-20/h1-6,8-11,13-14,16,23,30-31H,7,12,15,17H2/t23-/m0/s1. The van der Waals surface area contributed by atoms with E-state index in [9.17, 15) is 23.4 Å². The topological polar surface area (TPSA) is 43.7 Å². The van der Waals surface area contributed by atoms with E-state index in [1.165, 1.54) is 0 Å². The SMILES string of the molecule is Oc1ccc(C(F)(F)F)cc1CN1CCC[C@H]1C(O)(c1ccccc1)c1ccccc1. The fourth-order valence-corrected chi connectivity index (χ4v) is 4.53. The first-order valence-electron chi connectivity index (χ1n) is 10.3. The van der Waals surface area contributed by atoms with Gasteiger partial charge in [0.25, 0.3) is 0 Å². The van der Waals surface area contributed by atoms with Gasteiger partial charge in [0.2, 0.25) is 0 Å². The lowest BCUT2D eigenvalue weighted by Crippen LogP contribution is -2.48. The summed E-state index contributed by atoms with van der Waals surface area (Å²) in [5, 5.41) is 22.3. The van der Waals surface area contributed by atoms with Crippen LogP contribution in [0, 0.1) is 0 Å². The maximum absolute atomic E-state index is 13.2. The Morgan fingerprint density at radius 3 is 1.97 bits per heavy atom. The second-order valence-electron chi connectivity index (χ2n) is 7.97. The number of likely N-dealkylation sites (tertiary alicyclic amines) is 1. The number of halogens is 3. The van der Waals surface area contributed by atoms with E-state index in [1.54, 1.807) is 0 Å². The lowest BCUT2D eigenvalue weighted by atomic mass is 9.79. The molecule has 0 aromatic heterocycles. The van der Waals surface area contributed by atoms with Gasteiger partial charge in [-0.2, -0.15) is 13.2 Å². The Kier molecular flexibility index (Phi) is 5.77. The second kappa shape index (κ2) is 8.36. The molecule has 1 fully saturated rings. The zero-order valence-electron chi connectivity index (χ0n) is 16.9. The summed E-state index contributed by atoms with van der Waals surface area (Å²) in [6.45, 7) is 0.727. The predicted molar refractivity (Wildman–Crippen MR) is 112 cm³/mol. The van der Waals surface area contributed by atoms with Crippen molar-refractivity contribution in [1.29, 1.82) is 0 Å². The minimum Gasteiger partial charge on any atom is -0.508 e. The molecule has 3 aromatic carbocycles. The lowest BCUT2D eigenvalue weighted by Gasteiger charge is -2.40. The highest BCUT2D eigenvalue weighted by Crippen LogP contribution is 2.41. The Balaban J connectivity index is 1.73. The Labute approximate surface area is 179 Å². The zero-order valence-corrected chi connectivity index (χ0v) is 16.9. The molecule has 1 saturated heterocycles. The quantitative estimate of drug-likeness (QED) is 0.580. The van der Waals surface area contributed by atoms with Crippen LogP contribution < -0.4 is 0 Å². The molecule has 3 aromatic rings. The van der Waals surface area contributed by atoms with E-state index in [-0.39, 0.29) is 23.9 Å². The van der Waals surface area contributed by atoms with Gasteiger partial charge in [0.1, 0.15) is 11.4 Å². The molecule has 0 spiro atoms. The third kappa shape index (κ3) is 4.18. The first-order valence-corrected chi connectivity index (χ1v) is 10.3. The fraction of sp³-hybridized carbons (Fsp3) is 0.280. The van der Waals surface area contributed by atoms with Gasteiger partial charge in [0, 0.05) is 18.2 Å². The van der Waals surface area contributed by atoms with Gasteiger partial charge in [0.05, 0.1) is 5.56 Å². The first-order chi connectivity index (χ1) is 14.8. The van der Waals surface area contributed by atoms with E-state index in [2.05, 4.69) is 0 Å². The van der Waals surface area contributed by atoms with Gasteiger partial charge < -0.3 is 10.2 Å². The van der Waals surface area contributed by atoms with Gasteiger partial charge in [-0.05, 0) is 48.7 Å². The summed E-state index contributed by atoms with van der Waals surface area (Å²) in [4.78, 5) is 1.97. The number of benzene rings is 3. The van der Waals surface area contributed by atoms with Crippen molar-refractivity contribution in [3.8, 4) is 5.75 Å². The van der Waals surface area contributed by atoms with Crippen molar-refractivity contribution in [1.82, 2.24) is 4.90 Å². The van der Waals surface area contributed by atoms with Crippen LogP contribution in [0.2, 0.25) is 0 Å². The van der Waals surface area contributed by atoms with E-state index in [1.807, 2.05) is 65.6 Å². The molecule has 1 heterocycles. The first kappa shape index (κ1) is 21.4. The van der Waals surface area contributed by atoms with E-state index in [0.717, 1.165) is 35.7 Å². The molecule has 162 valence electrons. The molecular weight excluding hydrogens is 403 g/mol. The fourth-order valence-electron chi connectivity index (χ4n) is 4.53. The summed E-state index contributed by atoms with van der Waals surface area (Å²) in [6, 6.07) is 21.3. The highest BCUT2D eigenvalue weighted by atomic mass is 19.4. The van der Waals surface area contributed by atoms with E-state index in [0.29, 0.717) is 13.0 Å². The molecule has 0 amide bonds. The maximum atomic E-state index is 13.2. The van der Waals surface area contributed by atoms with Crippen LogP contribution in [0.3, 0.4) is 0 Å². The van der Waals surface area contributed by atoms with Crippen LogP contribution in [0.25, 0.3) is 0 Å². The highest BCUT2D eigenvalue weighted by molar-refractivity contribution is 5.40. The largest absolute Gasteiger partial charge is 0.508 e. The molecule has 1 atom stereocenters. The number of hydrogen-bond acceptors (Lipinski definition) is 3. The molecule has 0 unspecified atom stereocenters. The molecular formula is C25H24F3NO2. The van der Waals surface area contributed by atoms with Crippen LogP contribution in [-0.2, 0) is 18.3 Å². The normalized spacial score (nSPS) is 17.7. The molecule has 0 radical (unpaired) electrons. The summed E-state index contributed by atoms with van der Waals surface area (Å²) in [5.74, 6) is -0.179. The zero-order chi connectivity index (χ0) is 22.1. The third-order valence-corrected chi connectivity index (χ3v) is 6.05. The number of nitrogens with zero attached hydrogens (tertiary/aromatic N) is 1. The van der Waals surface area contributed by atoms with Crippen molar-refractivity contribution in [3.05, 3.63) is 101 Å². The van der Waals surface area contributed by atoms with Crippen LogP contribution >= 0.6 is 0 Å². The molecule has 1 aliphatic heterocycles. The average Bonchev–Trinajstić information content (AvgIpc) is 3.24. The number of phenolic OH excluding ortho intramolecular Hbond substituents is 1. The highest BCUT2D eigenvalue weighted by Gasteiger charge is 2.45. The van der Waals surface area contributed by atoms with Crippen LogP contribution in [0.5, 0.6) is 5.75 Å². The van der Waals surface area contributed by atoms with Gasteiger partial charge in [-0.15, -0.1) is 0 Å². The van der Waals surface area contributed by atoms with Crippen molar-refractivity contribution in [2.75, 3.05) is 6.54 Å². The monoisotopic (exact) mass is 427 g/mol. The minimum absolute atomic E-state index is 0.113. The van der Waals surface area contributed by atoms with Crippen molar-refractivity contribution in [2.45, 2.75) is 37.2 Å². The van der Waals surface area contributed by atoms with Crippen LogP contribution in [0.15, 0.2) is 78.9 Å². The third-order valence-electron chi connectivity index (χ3n) is 6.05. The number of aromatic hydroxyl groups is 1. The van der Waals surface area contributed by atoms with E-state index < -0.39 is 17.3 Å². The molecule has 4 rings (SSSR count). The summed E-state index contributed by atoms with van der Waals surface area (Å²) >= 11 is 0. The number of hydrogen-bond donors (Lipinski definition) is 2. The molecule has 0 bridgehead atoms. The molecule has 0 saturated carbocycles. The van der Waals surface area contributed by atoms with Gasteiger partial charge >= 0.3 is 6.18 Å². The maximum Gasteiger partial charge on any atom is 0.416 e. The van der Waals surface area contributed by atoms with Gasteiger partial charge in [0.15, 0.2) is 0 Å². The van der Waals surface area contributed by atoms with Crippen molar-refractivity contribution < 1.29 is 23.4 Å². The Bertz CT molecular complexity index is 982. The van der Waals surface area contributed by atoms with E-state index >= 15 is 0 Å². The van der Waals surface area contributed by atoms with Gasteiger partial charge in [-0.25, -0.2) is 0 Å². The van der Waals surface area contributed by atoms with Crippen molar-refractivity contribution >= 4 is 0 Å². The molecule has 2 N–H and O–H groups in total. The summed E-state index contributed by atoms with van der Waals surface area (Å²) < 4.78 is 39.6. The van der Waals surface area contributed by atoms with Gasteiger partial charge in [-0.3, -0.25) is 4.90 Å². The Hall–Kier alpha value is -2.83. The second-order valence-corrected chi connectivity index (χ2v) is 7.97. The Morgan fingerprint density at radius 2 is 1.42 bits per heavy atom. The lowest BCUT2D eigenvalue weighted by molar-refractivity contribution is -0.137. The smallest absolute Gasteiger partial charge is 0.416 e. The van der Waals surface area contributed by atoms with Gasteiger partial charge in [-0.1, -0.05) is 60.7 Å². The average molecular weight is 427 g/mol. The number of aliphatic hydroxyl groups is 1. The van der Waals surface area contributed by atoms with Crippen LogP contribution in [0.4, 0.5) is 13.2 Å². The van der Waals surface area contributed by atoms with Crippen molar-refractivity contribution in [3.63, 3.8) is 0 Å². The molecule has 3 nitrogen and oxygen atoms in total. The number of rotatable bonds is 5. The predicted octanol–water partition coefficient (Wildman–Crippen LogP) is 5.31. The number of phenols is 1. The molecule has 31 heavy (non-hydrogen) atoms. The molecule has 0 aliphatic carbocycles. The minimum atomic E-state index is -4.48. The molecule has 6 heteroatoms. The number of alkyl halides is 3. The summed E-state index contributed by atoms with van der Waals surface area (Å²) in [6.07, 6.45) is -3.01.